The van der Waals surface area contributed by atoms with Gasteiger partial charge in [-0.2, -0.15) is 4.98 Å². The summed E-state index contributed by atoms with van der Waals surface area (Å²) in [6.07, 6.45) is 3.52. The maximum atomic E-state index is 6.19. The molecular weight excluding hydrogens is 322 g/mol. The number of aryl methyl sites for hydroxylation is 1. The van der Waals surface area contributed by atoms with Crippen LogP contribution in [0, 0.1) is 6.92 Å². The minimum absolute atomic E-state index is 0.569. The number of nitrogens with zero attached hydrogens (tertiary/aromatic N) is 3. The maximum absolute atomic E-state index is 6.19. The van der Waals surface area contributed by atoms with E-state index in [-0.39, 0.29) is 0 Å². The number of benzene rings is 1. The summed E-state index contributed by atoms with van der Waals surface area (Å²) in [5.74, 6) is 1.26. The Kier molecular flexibility index (Phi) is 4.91. The molecule has 0 radical (unpaired) electrons. The van der Waals surface area contributed by atoms with Crippen LogP contribution in [0.1, 0.15) is 12.5 Å². The first-order valence-electron chi connectivity index (χ1n) is 7.72. The molecule has 0 saturated heterocycles. The smallest absolute Gasteiger partial charge is 0.225 e. The van der Waals surface area contributed by atoms with Crippen LogP contribution >= 0.6 is 11.6 Å². The lowest BCUT2D eigenvalue weighted by molar-refractivity contribution is 1.09. The largest absolute Gasteiger partial charge is 0.354 e. The zero-order chi connectivity index (χ0) is 16.9. The first-order chi connectivity index (χ1) is 11.7. The molecule has 0 amide bonds. The van der Waals surface area contributed by atoms with Gasteiger partial charge in [-0.15, -0.1) is 0 Å². The lowest BCUT2D eigenvalue weighted by Crippen LogP contribution is -2.05. The fraction of sp³-hybridized carbons (Fsp3) is 0.167. The Balaban J connectivity index is 1.97. The third-order valence-electron chi connectivity index (χ3n) is 3.46. The van der Waals surface area contributed by atoms with Gasteiger partial charge in [0.05, 0.1) is 5.69 Å². The highest BCUT2D eigenvalue weighted by Gasteiger charge is 2.07. The van der Waals surface area contributed by atoms with E-state index in [9.17, 15) is 0 Å². The Morgan fingerprint density at radius 3 is 2.71 bits per heavy atom. The summed E-state index contributed by atoms with van der Waals surface area (Å²) in [5, 5.41) is 7.16. The monoisotopic (exact) mass is 339 g/mol. The number of pyridine rings is 1. The van der Waals surface area contributed by atoms with Crippen LogP contribution in [-0.2, 0) is 0 Å². The second kappa shape index (κ2) is 7.27. The van der Waals surface area contributed by atoms with E-state index in [4.69, 9.17) is 11.6 Å². The highest BCUT2D eigenvalue weighted by atomic mass is 35.5. The molecule has 122 valence electrons. The average molecular weight is 340 g/mol. The number of rotatable bonds is 5. The highest BCUT2D eigenvalue weighted by molar-refractivity contribution is 6.31. The molecule has 0 spiro atoms. The third kappa shape index (κ3) is 3.81. The van der Waals surface area contributed by atoms with Crippen LogP contribution in [0.5, 0.6) is 0 Å². The van der Waals surface area contributed by atoms with Crippen molar-refractivity contribution < 1.29 is 0 Å². The quantitative estimate of drug-likeness (QED) is 0.707. The summed E-state index contributed by atoms with van der Waals surface area (Å²) in [7, 11) is 0. The van der Waals surface area contributed by atoms with Crippen molar-refractivity contribution in [1.82, 2.24) is 15.0 Å². The van der Waals surface area contributed by atoms with Crippen molar-refractivity contribution in [1.29, 1.82) is 0 Å². The lowest BCUT2D eigenvalue weighted by atomic mass is 10.2. The zero-order valence-corrected chi connectivity index (χ0v) is 14.3. The standard InChI is InChI=1S/C18H18ClN5/c1-3-21-18-23-16(13-5-4-8-20-11-13)10-17(24-18)22-14-7-6-12(2)15(19)9-14/h4-11H,3H2,1-2H3,(H2,21,22,23,24). The third-order valence-corrected chi connectivity index (χ3v) is 3.87. The predicted octanol–water partition coefficient (Wildman–Crippen LogP) is 4.68. The molecule has 2 heterocycles. The van der Waals surface area contributed by atoms with Gasteiger partial charge >= 0.3 is 0 Å². The zero-order valence-electron chi connectivity index (χ0n) is 13.5. The van der Waals surface area contributed by atoms with Crippen molar-refractivity contribution in [2.75, 3.05) is 17.2 Å². The van der Waals surface area contributed by atoms with Crippen LogP contribution in [0.15, 0.2) is 48.8 Å². The highest BCUT2D eigenvalue weighted by Crippen LogP contribution is 2.25. The van der Waals surface area contributed by atoms with Crippen LogP contribution in [0.2, 0.25) is 5.02 Å². The van der Waals surface area contributed by atoms with Gasteiger partial charge in [0.15, 0.2) is 0 Å². The first-order valence-corrected chi connectivity index (χ1v) is 8.10. The summed E-state index contributed by atoms with van der Waals surface area (Å²) >= 11 is 6.19. The summed E-state index contributed by atoms with van der Waals surface area (Å²) in [6, 6.07) is 11.6. The SMILES string of the molecule is CCNc1nc(Nc2ccc(C)c(Cl)c2)cc(-c2cccnc2)n1. The normalized spacial score (nSPS) is 10.5. The minimum Gasteiger partial charge on any atom is -0.354 e. The van der Waals surface area contributed by atoms with Crippen LogP contribution < -0.4 is 10.6 Å². The Bertz CT molecular complexity index is 836. The van der Waals surface area contributed by atoms with E-state index in [1.165, 1.54) is 0 Å². The molecule has 0 fully saturated rings. The fourth-order valence-electron chi connectivity index (χ4n) is 2.23. The Hall–Kier alpha value is -2.66. The summed E-state index contributed by atoms with van der Waals surface area (Å²) in [6.45, 7) is 4.72. The van der Waals surface area contributed by atoms with E-state index >= 15 is 0 Å². The number of anilines is 3. The molecular formula is C18H18ClN5. The number of hydrogen-bond acceptors (Lipinski definition) is 5. The van der Waals surface area contributed by atoms with Crippen LogP contribution in [0.4, 0.5) is 17.5 Å². The average Bonchev–Trinajstić information content (AvgIpc) is 2.59. The molecule has 0 unspecified atom stereocenters. The fourth-order valence-corrected chi connectivity index (χ4v) is 2.41. The maximum Gasteiger partial charge on any atom is 0.225 e. The number of halogens is 1. The van der Waals surface area contributed by atoms with Crippen molar-refractivity contribution >= 4 is 29.1 Å². The molecule has 1 aromatic carbocycles. The van der Waals surface area contributed by atoms with Gasteiger partial charge in [0, 0.05) is 41.3 Å². The van der Waals surface area contributed by atoms with Gasteiger partial charge in [-0.1, -0.05) is 17.7 Å². The van der Waals surface area contributed by atoms with Gasteiger partial charge in [0.25, 0.3) is 0 Å². The first kappa shape index (κ1) is 16.2. The molecule has 0 atom stereocenters. The van der Waals surface area contributed by atoms with Crippen LogP contribution in [0.25, 0.3) is 11.3 Å². The number of nitrogens with one attached hydrogen (secondary N) is 2. The Labute approximate surface area is 146 Å². The lowest BCUT2D eigenvalue weighted by Gasteiger charge is -2.11. The van der Waals surface area contributed by atoms with Gasteiger partial charge in [-0.25, -0.2) is 4.98 Å². The van der Waals surface area contributed by atoms with E-state index in [0.717, 1.165) is 29.1 Å². The van der Waals surface area contributed by atoms with Gasteiger partial charge in [-0.3, -0.25) is 4.98 Å². The second-order valence-corrected chi connectivity index (χ2v) is 5.73. The molecule has 3 rings (SSSR count). The summed E-state index contributed by atoms with van der Waals surface area (Å²) < 4.78 is 0. The molecule has 0 aliphatic rings. The van der Waals surface area contributed by atoms with Crippen molar-refractivity contribution in [3.63, 3.8) is 0 Å². The van der Waals surface area contributed by atoms with E-state index in [0.29, 0.717) is 16.8 Å². The molecule has 2 aromatic heterocycles. The predicted molar refractivity (Wildman–Crippen MR) is 98.9 cm³/mol. The minimum atomic E-state index is 0.569. The topological polar surface area (TPSA) is 62.7 Å². The van der Waals surface area contributed by atoms with E-state index in [1.54, 1.807) is 12.4 Å². The van der Waals surface area contributed by atoms with Gasteiger partial charge in [-0.05, 0) is 43.7 Å². The molecule has 0 aliphatic heterocycles. The Morgan fingerprint density at radius 1 is 1.12 bits per heavy atom. The molecule has 0 aliphatic carbocycles. The van der Waals surface area contributed by atoms with Gasteiger partial charge < -0.3 is 10.6 Å². The molecule has 5 nitrogen and oxygen atoms in total. The van der Waals surface area contributed by atoms with E-state index in [2.05, 4.69) is 25.6 Å². The van der Waals surface area contributed by atoms with Crippen molar-refractivity contribution in [2.24, 2.45) is 0 Å². The number of aromatic nitrogens is 3. The molecule has 0 saturated carbocycles. The molecule has 6 heteroatoms. The van der Waals surface area contributed by atoms with Crippen molar-refractivity contribution in [2.45, 2.75) is 13.8 Å². The van der Waals surface area contributed by atoms with Gasteiger partial charge in [0.1, 0.15) is 5.82 Å². The molecule has 3 aromatic rings. The molecule has 2 N–H and O–H groups in total. The number of hydrogen-bond donors (Lipinski definition) is 2. The van der Waals surface area contributed by atoms with Crippen LogP contribution in [0.3, 0.4) is 0 Å². The summed E-state index contributed by atoms with van der Waals surface area (Å²) in [5.41, 5.74) is 3.65. The molecule has 0 bridgehead atoms. The van der Waals surface area contributed by atoms with Crippen molar-refractivity contribution in [3.8, 4) is 11.3 Å². The molecule has 24 heavy (non-hydrogen) atoms. The van der Waals surface area contributed by atoms with Gasteiger partial charge in [0.2, 0.25) is 5.95 Å². The summed E-state index contributed by atoms with van der Waals surface area (Å²) in [4.78, 5) is 13.2. The van der Waals surface area contributed by atoms with E-state index in [1.807, 2.05) is 50.2 Å². The Morgan fingerprint density at radius 2 is 2.00 bits per heavy atom. The second-order valence-electron chi connectivity index (χ2n) is 5.32. The van der Waals surface area contributed by atoms with E-state index < -0.39 is 0 Å². The van der Waals surface area contributed by atoms with Crippen LogP contribution in [-0.4, -0.2) is 21.5 Å². The van der Waals surface area contributed by atoms with Crippen molar-refractivity contribution in [3.05, 3.63) is 59.4 Å².